The number of nitrogens with zero attached hydrogens (tertiary/aromatic N) is 2. The number of nitro groups is 1. The minimum Gasteiger partial charge on any atom is -0.305 e. The maximum atomic E-state index is 10.9. The molecule has 1 N–H and O–H groups in total. The molecule has 0 fully saturated rings. The van der Waals surface area contributed by atoms with Crippen LogP contribution in [0.4, 0.5) is 5.69 Å². The summed E-state index contributed by atoms with van der Waals surface area (Å²) in [5, 5.41) is 15.4. The van der Waals surface area contributed by atoms with E-state index in [-0.39, 0.29) is 16.7 Å². The average molecular weight is 305 g/mol. The van der Waals surface area contributed by atoms with Crippen LogP contribution in [0.15, 0.2) is 30.5 Å². The monoisotopic (exact) mass is 305 g/mol. The van der Waals surface area contributed by atoms with Gasteiger partial charge in [-0.2, -0.15) is 0 Å². The number of hydrogen-bond acceptors (Lipinski definition) is 5. The van der Waals surface area contributed by atoms with Crippen LogP contribution < -0.4 is 5.32 Å². The number of benzene rings is 1. The molecule has 112 valence electrons. The highest BCUT2D eigenvalue weighted by atomic mass is 32.1. The largest absolute Gasteiger partial charge is 0.305 e. The van der Waals surface area contributed by atoms with Crippen molar-refractivity contribution in [3.05, 3.63) is 56.0 Å². The Morgan fingerprint density at radius 2 is 2.29 bits per heavy atom. The van der Waals surface area contributed by atoms with Gasteiger partial charge in [-0.05, 0) is 18.9 Å². The van der Waals surface area contributed by atoms with Crippen LogP contribution >= 0.6 is 11.3 Å². The summed E-state index contributed by atoms with van der Waals surface area (Å²) in [6.45, 7) is 4.83. The van der Waals surface area contributed by atoms with Crippen LogP contribution in [-0.4, -0.2) is 9.91 Å². The van der Waals surface area contributed by atoms with E-state index in [9.17, 15) is 10.1 Å². The van der Waals surface area contributed by atoms with Crippen LogP contribution in [0.1, 0.15) is 41.3 Å². The van der Waals surface area contributed by atoms with Gasteiger partial charge in [-0.1, -0.05) is 25.5 Å². The van der Waals surface area contributed by atoms with Gasteiger partial charge in [0.05, 0.1) is 9.93 Å². The maximum Gasteiger partial charge on any atom is 0.269 e. The van der Waals surface area contributed by atoms with Gasteiger partial charge in [0, 0.05) is 35.8 Å². The van der Waals surface area contributed by atoms with Crippen LogP contribution in [0.5, 0.6) is 0 Å². The van der Waals surface area contributed by atoms with E-state index in [4.69, 9.17) is 0 Å². The molecule has 2 rings (SSSR count). The van der Waals surface area contributed by atoms with Gasteiger partial charge in [-0.25, -0.2) is 4.98 Å². The van der Waals surface area contributed by atoms with E-state index < -0.39 is 0 Å². The number of aromatic nitrogens is 1. The summed E-state index contributed by atoms with van der Waals surface area (Å²) in [5.41, 5.74) is 1.11. The van der Waals surface area contributed by atoms with E-state index in [0.29, 0.717) is 0 Å². The maximum absolute atomic E-state index is 10.9. The Morgan fingerprint density at radius 1 is 1.48 bits per heavy atom. The number of nitrogens with one attached hydrogen (secondary N) is 1. The molecule has 1 aromatic carbocycles. The average Bonchev–Trinajstić information content (AvgIpc) is 2.89. The summed E-state index contributed by atoms with van der Waals surface area (Å²) in [7, 11) is 0. The first-order chi connectivity index (χ1) is 10.1. The van der Waals surface area contributed by atoms with Crippen LogP contribution in [0.3, 0.4) is 0 Å². The summed E-state index contributed by atoms with van der Waals surface area (Å²) in [5.74, 6) is 0. The Labute approximate surface area is 128 Å². The standard InChI is InChI=1S/C15H19N3O2S/c1-3-5-15(17-10-14-9-16-11(2)21-14)12-6-4-7-13(8-12)18(19)20/h4,6-9,15,17H,3,5,10H2,1-2H3. The van der Waals surface area contributed by atoms with Crippen molar-refractivity contribution in [3.63, 3.8) is 0 Å². The summed E-state index contributed by atoms with van der Waals surface area (Å²) >= 11 is 1.67. The molecule has 0 spiro atoms. The third kappa shape index (κ3) is 4.34. The molecule has 1 atom stereocenters. The fourth-order valence-electron chi connectivity index (χ4n) is 2.24. The molecule has 0 aliphatic rings. The number of aryl methyl sites for hydroxylation is 1. The molecule has 0 bridgehead atoms. The fraction of sp³-hybridized carbons (Fsp3) is 0.400. The zero-order valence-corrected chi connectivity index (χ0v) is 13.0. The SMILES string of the molecule is CCCC(NCc1cnc(C)s1)c1cccc([N+](=O)[O-])c1. The van der Waals surface area contributed by atoms with Crippen LogP contribution in [0.2, 0.25) is 0 Å². The summed E-state index contributed by atoms with van der Waals surface area (Å²) in [6, 6.07) is 6.99. The van der Waals surface area contributed by atoms with Crippen molar-refractivity contribution in [2.45, 2.75) is 39.3 Å². The highest BCUT2D eigenvalue weighted by Gasteiger charge is 2.14. The molecule has 1 unspecified atom stereocenters. The Kier molecular flexibility index (Phi) is 5.41. The number of non-ortho nitro benzene ring substituents is 1. The minimum atomic E-state index is -0.348. The lowest BCUT2D eigenvalue weighted by atomic mass is 10.0. The Hall–Kier alpha value is -1.79. The van der Waals surface area contributed by atoms with Crippen molar-refractivity contribution in [1.82, 2.24) is 10.3 Å². The van der Waals surface area contributed by atoms with Crippen molar-refractivity contribution in [1.29, 1.82) is 0 Å². The van der Waals surface area contributed by atoms with E-state index in [1.807, 2.05) is 19.2 Å². The van der Waals surface area contributed by atoms with E-state index in [1.54, 1.807) is 23.5 Å². The minimum absolute atomic E-state index is 0.123. The van der Waals surface area contributed by atoms with Crippen molar-refractivity contribution in [2.24, 2.45) is 0 Å². The lowest BCUT2D eigenvalue weighted by Crippen LogP contribution is -2.20. The number of hydrogen-bond donors (Lipinski definition) is 1. The molecule has 2 aromatic rings. The molecule has 1 aromatic heterocycles. The Morgan fingerprint density at radius 3 is 2.90 bits per heavy atom. The molecule has 6 heteroatoms. The van der Waals surface area contributed by atoms with E-state index in [2.05, 4.69) is 17.2 Å². The summed E-state index contributed by atoms with van der Waals surface area (Å²) < 4.78 is 0. The van der Waals surface area contributed by atoms with Gasteiger partial charge >= 0.3 is 0 Å². The normalized spacial score (nSPS) is 12.3. The highest BCUT2D eigenvalue weighted by Crippen LogP contribution is 2.23. The molecule has 0 saturated carbocycles. The molecule has 0 radical (unpaired) electrons. The van der Waals surface area contributed by atoms with Crippen molar-refractivity contribution >= 4 is 17.0 Å². The predicted molar refractivity (Wildman–Crippen MR) is 84.4 cm³/mol. The second-order valence-electron chi connectivity index (χ2n) is 4.92. The van der Waals surface area contributed by atoms with Crippen molar-refractivity contribution in [2.75, 3.05) is 0 Å². The van der Waals surface area contributed by atoms with Crippen LogP contribution in [0, 0.1) is 17.0 Å². The Balaban J connectivity index is 2.10. The topological polar surface area (TPSA) is 68.1 Å². The van der Waals surface area contributed by atoms with Gasteiger partial charge in [0.25, 0.3) is 5.69 Å². The quantitative estimate of drug-likeness (QED) is 0.620. The van der Waals surface area contributed by atoms with Gasteiger partial charge in [-0.3, -0.25) is 10.1 Å². The lowest BCUT2D eigenvalue weighted by Gasteiger charge is -2.18. The number of thiazole rings is 1. The van der Waals surface area contributed by atoms with Gasteiger partial charge in [0.15, 0.2) is 0 Å². The van der Waals surface area contributed by atoms with Crippen molar-refractivity contribution < 1.29 is 4.92 Å². The van der Waals surface area contributed by atoms with Crippen molar-refractivity contribution in [3.8, 4) is 0 Å². The molecular weight excluding hydrogens is 286 g/mol. The smallest absolute Gasteiger partial charge is 0.269 e. The molecule has 1 heterocycles. The van der Waals surface area contributed by atoms with Gasteiger partial charge < -0.3 is 5.32 Å². The molecule has 0 aliphatic carbocycles. The zero-order valence-electron chi connectivity index (χ0n) is 12.2. The third-order valence-corrected chi connectivity index (χ3v) is 4.17. The fourth-order valence-corrected chi connectivity index (χ4v) is 2.99. The summed E-state index contributed by atoms with van der Waals surface area (Å²) in [6.07, 6.45) is 3.84. The van der Waals surface area contributed by atoms with Crippen LogP contribution in [0.25, 0.3) is 0 Å². The number of nitro benzene ring substituents is 1. The molecular formula is C15H19N3O2S. The first kappa shape index (κ1) is 15.6. The summed E-state index contributed by atoms with van der Waals surface area (Å²) in [4.78, 5) is 16.0. The highest BCUT2D eigenvalue weighted by molar-refractivity contribution is 7.11. The predicted octanol–water partition coefficient (Wildman–Crippen LogP) is 3.99. The molecule has 0 aliphatic heterocycles. The first-order valence-electron chi connectivity index (χ1n) is 6.99. The second-order valence-corrected chi connectivity index (χ2v) is 6.24. The third-order valence-electron chi connectivity index (χ3n) is 3.25. The lowest BCUT2D eigenvalue weighted by molar-refractivity contribution is -0.384. The Bertz CT molecular complexity index is 612. The molecule has 0 saturated heterocycles. The van der Waals surface area contributed by atoms with Gasteiger partial charge in [0.1, 0.15) is 0 Å². The molecule has 5 nitrogen and oxygen atoms in total. The number of rotatable bonds is 7. The molecule has 21 heavy (non-hydrogen) atoms. The van der Waals surface area contributed by atoms with Crippen LogP contribution in [-0.2, 0) is 6.54 Å². The zero-order chi connectivity index (χ0) is 15.2. The van der Waals surface area contributed by atoms with Gasteiger partial charge in [0.2, 0.25) is 0 Å². The first-order valence-corrected chi connectivity index (χ1v) is 7.81. The van der Waals surface area contributed by atoms with E-state index in [0.717, 1.165) is 30.0 Å². The van der Waals surface area contributed by atoms with Gasteiger partial charge in [-0.15, -0.1) is 11.3 Å². The van der Waals surface area contributed by atoms with E-state index >= 15 is 0 Å². The van der Waals surface area contributed by atoms with E-state index in [1.165, 1.54) is 10.9 Å². The second kappa shape index (κ2) is 7.28. The molecule has 0 amide bonds.